The van der Waals surface area contributed by atoms with Crippen molar-refractivity contribution < 1.29 is 9.84 Å². The lowest BCUT2D eigenvalue weighted by Gasteiger charge is -2.52. The molecule has 0 amide bonds. The van der Waals surface area contributed by atoms with Gasteiger partial charge in [-0.15, -0.1) is 0 Å². The van der Waals surface area contributed by atoms with Crippen LogP contribution in [0.1, 0.15) is 31.0 Å². The maximum absolute atomic E-state index is 9.92. The molecule has 0 bridgehead atoms. The third kappa shape index (κ3) is 1.77. The molecule has 4 nitrogen and oxygen atoms in total. The maximum Gasteiger partial charge on any atom is 0.119 e. The van der Waals surface area contributed by atoms with Crippen LogP contribution in [0.25, 0.3) is 10.9 Å². The monoisotopic (exact) mass is 300 g/mol. The predicted molar refractivity (Wildman–Crippen MR) is 87.3 cm³/mol. The quantitative estimate of drug-likeness (QED) is 0.896. The summed E-state index contributed by atoms with van der Waals surface area (Å²) in [6.45, 7) is 4.76. The second kappa shape index (κ2) is 5.00. The number of fused-ring (bicyclic) bond motifs is 5. The molecule has 4 heteroatoms. The molecular formula is C18H24N2O2. The van der Waals surface area contributed by atoms with E-state index >= 15 is 0 Å². The van der Waals surface area contributed by atoms with E-state index in [2.05, 4.69) is 28.9 Å². The number of aliphatic hydroxyl groups is 1. The van der Waals surface area contributed by atoms with Gasteiger partial charge in [-0.2, -0.15) is 0 Å². The second-order valence-electron chi connectivity index (χ2n) is 6.80. The zero-order valence-corrected chi connectivity index (χ0v) is 13.4. The average molecular weight is 300 g/mol. The summed E-state index contributed by atoms with van der Waals surface area (Å²) in [4.78, 5) is 6.22. The molecule has 0 radical (unpaired) electrons. The molecule has 0 unspecified atom stereocenters. The topological polar surface area (TPSA) is 48.5 Å². The summed E-state index contributed by atoms with van der Waals surface area (Å²) in [5.74, 6) is 1.21. The van der Waals surface area contributed by atoms with Crippen LogP contribution >= 0.6 is 0 Å². The maximum atomic E-state index is 9.92. The minimum Gasteiger partial charge on any atom is -0.497 e. The van der Waals surface area contributed by atoms with Gasteiger partial charge in [0.05, 0.1) is 12.6 Å². The number of H-pyrrole nitrogens is 1. The molecule has 2 atom stereocenters. The molecule has 1 fully saturated rings. The summed E-state index contributed by atoms with van der Waals surface area (Å²) in [5.41, 5.74) is 3.82. The first-order chi connectivity index (χ1) is 10.7. The average Bonchev–Trinajstić information content (AvgIpc) is 2.93. The second-order valence-corrected chi connectivity index (χ2v) is 6.80. The van der Waals surface area contributed by atoms with Crippen LogP contribution in [-0.4, -0.2) is 41.8 Å². The van der Waals surface area contributed by atoms with Crippen LogP contribution in [0, 0.1) is 5.92 Å². The van der Waals surface area contributed by atoms with Gasteiger partial charge in [0.1, 0.15) is 5.75 Å². The molecule has 2 aliphatic rings. The van der Waals surface area contributed by atoms with Gasteiger partial charge < -0.3 is 14.8 Å². The van der Waals surface area contributed by atoms with Crippen molar-refractivity contribution in [1.29, 1.82) is 0 Å². The van der Waals surface area contributed by atoms with Crippen molar-refractivity contribution in [3.05, 3.63) is 29.5 Å². The van der Waals surface area contributed by atoms with E-state index in [4.69, 9.17) is 4.74 Å². The molecule has 1 aromatic heterocycles. The molecular weight excluding hydrogens is 276 g/mol. The fraction of sp³-hybridized carbons (Fsp3) is 0.556. The highest BCUT2D eigenvalue weighted by atomic mass is 16.5. The van der Waals surface area contributed by atoms with Gasteiger partial charge in [0.2, 0.25) is 0 Å². The first-order valence-electron chi connectivity index (χ1n) is 8.23. The molecule has 4 rings (SSSR count). The Hall–Kier alpha value is -1.52. The number of hydrogen-bond donors (Lipinski definition) is 2. The van der Waals surface area contributed by atoms with Crippen LogP contribution in [0.2, 0.25) is 0 Å². The molecule has 1 aromatic carbocycles. The molecule has 2 aliphatic heterocycles. The van der Waals surface area contributed by atoms with Gasteiger partial charge in [-0.25, -0.2) is 0 Å². The molecule has 0 aliphatic carbocycles. The first kappa shape index (κ1) is 14.1. The van der Waals surface area contributed by atoms with E-state index in [0.29, 0.717) is 5.92 Å². The summed E-state index contributed by atoms with van der Waals surface area (Å²) in [6.07, 6.45) is 3.35. The summed E-state index contributed by atoms with van der Waals surface area (Å²) >= 11 is 0. The molecule has 118 valence electrons. The Kier molecular flexibility index (Phi) is 3.20. The van der Waals surface area contributed by atoms with Gasteiger partial charge >= 0.3 is 0 Å². The van der Waals surface area contributed by atoms with E-state index in [1.54, 1.807) is 7.11 Å². The number of rotatable bonds is 2. The lowest BCUT2D eigenvalue weighted by molar-refractivity contribution is -0.0303. The minimum absolute atomic E-state index is 0.0765. The number of aliphatic hydroxyl groups excluding tert-OH is 1. The van der Waals surface area contributed by atoms with E-state index < -0.39 is 0 Å². The van der Waals surface area contributed by atoms with E-state index in [0.717, 1.165) is 31.7 Å². The number of nitrogens with one attached hydrogen (secondary N) is 1. The van der Waals surface area contributed by atoms with Crippen LogP contribution in [0.5, 0.6) is 5.75 Å². The van der Waals surface area contributed by atoms with Crippen molar-refractivity contribution in [2.45, 2.75) is 31.7 Å². The number of aromatic amines is 1. The molecule has 2 N–H and O–H groups in total. The van der Waals surface area contributed by atoms with Crippen molar-refractivity contribution in [2.24, 2.45) is 5.92 Å². The van der Waals surface area contributed by atoms with Gasteiger partial charge in [0.25, 0.3) is 0 Å². The Morgan fingerprint density at radius 2 is 2.27 bits per heavy atom. The van der Waals surface area contributed by atoms with Gasteiger partial charge in [0, 0.05) is 35.7 Å². The number of benzene rings is 1. The number of ether oxygens (including phenoxy) is 1. The van der Waals surface area contributed by atoms with Crippen molar-refractivity contribution in [2.75, 3.05) is 26.8 Å². The fourth-order valence-corrected chi connectivity index (χ4v) is 4.57. The fourth-order valence-electron chi connectivity index (χ4n) is 4.57. The summed E-state index contributed by atoms with van der Waals surface area (Å²) in [7, 11) is 1.71. The van der Waals surface area contributed by atoms with E-state index in [1.165, 1.54) is 28.6 Å². The Morgan fingerprint density at radius 1 is 1.41 bits per heavy atom. The number of aromatic nitrogens is 1. The number of piperidine rings is 1. The van der Waals surface area contributed by atoms with E-state index in [-0.39, 0.29) is 12.1 Å². The standard InChI is InChI=1S/C18H24N2O2/c1-18-12(11-21)4-3-8-20(18)9-7-14-15-10-13(22-2)5-6-16(15)19-17(14)18/h5-6,10,12,19,21H,3-4,7-9,11H2,1-2H3/t12-,18-/m0/s1. The molecule has 2 aromatic rings. The summed E-state index contributed by atoms with van der Waals surface area (Å²) in [5, 5.41) is 11.2. The molecule has 1 saturated heterocycles. The zero-order valence-electron chi connectivity index (χ0n) is 13.4. The highest BCUT2D eigenvalue weighted by Gasteiger charge is 2.47. The smallest absolute Gasteiger partial charge is 0.119 e. The van der Waals surface area contributed by atoms with Gasteiger partial charge in [-0.3, -0.25) is 4.90 Å². The summed E-state index contributed by atoms with van der Waals surface area (Å²) < 4.78 is 5.39. The lowest BCUT2D eigenvalue weighted by Crippen LogP contribution is -2.57. The zero-order chi connectivity index (χ0) is 15.3. The third-order valence-electron chi connectivity index (χ3n) is 5.90. The summed E-state index contributed by atoms with van der Waals surface area (Å²) in [6, 6.07) is 6.26. The van der Waals surface area contributed by atoms with Crippen molar-refractivity contribution >= 4 is 10.9 Å². The first-order valence-corrected chi connectivity index (χ1v) is 8.23. The SMILES string of the molecule is COc1ccc2[nH]c3c(c2c1)CCN1CCC[C@@H](CO)[C@@]31C. The Bertz CT molecular complexity index is 708. The predicted octanol–water partition coefficient (Wildman–Crippen LogP) is 2.65. The van der Waals surface area contributed by atoms with E-state index in [1.807, 2.05) is 6.07 Å². The third-order valence-corrected chi connectivity index (χ3v) is 5.90. The highest BCUT2D eigenvalue weighted by molar-refractivity contribution is 5.86. The van der Waals surface area contributed by atoms with Crippen LogP contribution < -0.4 is 4.74 Å². The lowest BCUT2D eigenvalue weighted by atomic mass is 9.72. The van der Waals surface area contributed by atoms with E-state index in [9.17, 15) is 5.11 Å². The van der Waals surface area contributed by atoms with Crippen LogP contribution in [0.15, 0.2) is 18.2 Å². The van der Waals surface area contributed by atoms with Crippen LogP contribution in [0.4, 0.5) is 0 Å². The molecule has 0 spiro atoms. The number of methoxy groups -OCH3 is 1. The number of nitrogens with zero attached hydrogens (tertiary/aromatic N) is 1. The van der Waals surface area contributed by atoms with Crippen molar-refractivity contribution in [1.82, 2.24) is 9.88 Å². The molecule has 0 saturated carbocycles. The Balaban J connectivity index is 1.92. The van der Waals surface area contributed by atoms with Crippen LogP contribution in [0.3, 0.4) is 0 Å². The minimum atomic E-state index is -0.0765. The van der Waals surface area contributed by atoms with Gasteiger partial charge in [-0.05, 0) is 56.5 Å². The molecule has 3 heterocycles. The largest absolute Gasteiger partial charge is 0.497 e. The normalized spacial score (nSPS) is 28.4. The van der Waals surface area contributed by atoms with Gasteiger partial charge in [0.15, 0.2) is 0 Å². The van der Waals surface area contributed by atoms with Crippen molar-refractivity contribution in [3.63, 3.8) is 0 Å². The highest BCUT2D eigenvalue weighted by Crippen LogP contribution is 2.47. The Morgan fingerprint density at radius 3 is 3.05 bits per heavy atom. The molecule has 22 heavy (non-hydrogen) atoms. The van der Waals surface area contributed by atoms with Gasteiger partial charge in [-0.1, -0.05) is 0 Å². The van der Waals surface area contributed by atoms with Crippen LogP contribution in [-0.2, 0) is 12.0 Å². The van der Waals surface area contributed by atoms with Crippen molar-refractivity contribution in [3.8, 4) is 5.75 Å². The number of hydrogen-bond acceptors (Lipinski definition) is 3. The Labute approximate surface area is 131 Å².